The molecular formula is C19H15N5. The fourth-order valence-electron chi connectivity index (χ4n) is 3.55. The molecule has 0 atom stereocenters. The minimum Gasteiger partial charge on any atom is -0.364 e. The molecule has 116 valence electrons. The van der Waals surface area contributed by atoms with Gasteiger partial charge in [-0.3, -0.25) is 0 Å². The number of nitrogens with zero attached hydrogens (tertiary/aromatic N) is 3. The Kier molecular flexibility index (Phi) is 2.85. The van der Waals surface area contributed by atoms with Gasteiger partial charge in [-0.1, -0.05) is 42.5 Å². The molecule has 24 heavy (non-hydrogen) atoms. The Bertz CT molecular complexity index is 1010. The molecule has 2 aromatic carbocycles. The van der Waals surface area contributed by atoms with Gasteiger partial charge in [-0.2, -0.15) is 5.21 Å². The molecule has 4 aromatic rings. The third-order valence-electron chi connectivity index (χ3n) is 4.67. The molecule has 5 rings (SSSR count). The van der Waals surface area contributed by atoms with Gasteiger partial charge in [-0.05, 0) is 40.8 Å². The van der Waals surface area contributed by atoms with E-state index in [-0.39, 0.29) is 0 Å². The summed E-state index contributed by atoms with van der Waals surface area (Å²) in [5.74, 6) is 0.613. The lowest BCUT2D eigenvalue weighted by Gasteiger charge is -2.18. The first kappa shape index (κ1) is 13.2. The predicted octanol–water partition coefficient (Wildman–Crippen LogP) is 3.63. The van der Waals surface area contributed by atoms with Crippen molar-refractivity contribution in [3.63, 3.8) is 0 Å². The molecule has 0 unspecified atom stereocenters. The highest BCUT2D eigenvalue weighted by molar-refractivity contribution is 5.88. The van der Waals surface area contributed by atoms with Gasteiger partial charge in [-0.25, -0.2) is 0 Å². The van der Waals surface area contributed by atoms with Crippen molar-refractivity contribution in [2.75, 3.05) is 0 Å². The van der Waals surface area contributed by atoms with E-state index in [0.29, 0.717) is 5.82 Å². The largest absolute Gasteiger partial charge is 0.364 e. The van der Waals surface area contributed by atoms with Crippen LogP contribution in [0.15, 0.2) is 54.7 Å². The zero-order chi connectivity index (χ0) is 15.9. The fraction of sp³-hybridized carbons (Fsp3) is 0.105. The second kappa shape index (κ2) is 5.16. The molecule has 0 bridgehead atoms. The Balaban J connectivity index is 1.68. The lowest BCUT2D eigenvalue weighted by molar-refractivity contribution is 0.881. The summed E-state index contributed by atoms with van der Waals surface area (Å²) in [6.45, 7) is 0. The number of hydrogen-bond acceptors (Lipinski definition) is 3. The van der Waals surface area contributed by atoms with E-state index in [1.165, 1.54) is 27.9 Å². The summed E-state index contributed by atoms with van der Waals surface area (Å²) >= 11 is 0. The molecule has 5 heteroatoms. The average Bonchev–Trinajstić information content (AvgIpc) is 3.32. The zero-order valence-corrected chi connectivity index (χ0v) is 13.0. The molecule has 0 saturated carbocycles. The van der Waals surface area contributed by atoms with E-state index in [1.807, 2.05) is 12.1 Å². The van der Waals surface area contributed by atoms with Crippen LogP contribution in [-0.2, 0) is 12.8 Å². The van der Waals surface area contributed by atoms with Crippen molar-refractivity contribution in [3.8, 4) is 33.6 Å². The van der Waals surface area contributed by atoms with Gasteiger partial charge in [0, 0.05) is 28.6 Å². The molecule has 0 saturated heterocycles. The van der Waals surface area contributed by atoms with Crippen molar-refractivity contribution in [3.05, 3.63) is 66.0 Å². The number of tetrazole rings is 1. The number of aryl methyl sites for hydroxylation is 2. The van der Waals surface area contributed by atoms with Gasteiger partial charge in [0.15, 0.2) is 0 Å². The van der Waals surface area contributed by atoms with Crippen molar-refractivity contribution < 1.29 is 0 Å². The maximum atomic E-state index is 4.08. The molecule has 2 N–H and O–H groups in total. The summed E-state index contributed by atoms with van der Waals surface area (Å²) in [5.41, 5.74) is 8.73. The van der Waals surface area contributed by atoms with Crippen LogP contribution < -0.4 is 0 Å². The first-order valence-electron chi connectivity index (χ1n) is 8.03. The third-order valence-corrected chi connectivity index (χ3v) is 4.67. The van der Waals surface area contributed by atoms with Gasteiger partial charge < -0.3 is 4.98 Å². The number of H-pyrrole nitrogens is 2. The van der Waals surface area contributed by atoms with Crippen LogP contribution in [0.4, 0.5) is 0 Å². The van der Waals surface area contributed by atoms with Gasteiger partial charge in [0.25, 0.3) is 0 Å². The first-order valence-corrected chi connectivity index (χ1v) is 8.03. The molecule has 0 amide bonds. The Morgan fingerprint density at radius 2 is 1.79 bits per heavy atom. The molecule has 0 radical (unpaired) electrons. The van der Waals surface area contributed by atoms with Crippen LogP contribution in [0.5, 0.6) is 0 Å². The van der Waals surface area contributed by atoms with Gasteiger partial charge in [0.2, 0.25) is 5.82 Å². The van der Waals surface area contributed by atoms with Gasteiger partial charge in [-0.15, -0.1) is 10.2 Å². The normalized spacial score (nSPS) is 12.7. The molecule has 5 nitrogen and oxygen atoms in total. The average molecular weight is 313 g/mol. The monoisotopic (exact) mass is 313 g/mol. The van der Waals surface area contributed by atoms with E-state index >= 15 is 0 Å². The van der Waals surface area contributed by atoms with Crippen LogP contribution in [0.25, 0.3) is 33.6 Å². The van der Waals surface area contributed by atoms with Crippen molar-refractivity contribution in [2.24, 2.45) is 0 Å². The maximum Gasteiger partial charge on any atom is 0.204 e. The maximum absolute atomic E-state index is 4.08. The van der Waals surface area contributed by atoms with Gasteiger partial charge in [0.05, 0.1) is 0 Å². The quantitative estimate of drug-likeness (QED) is 0.593. The van der Waals surface area contributed by atoms with E-state index in [4.69, 9.17) is 0 Å². The lowest BCUT2D eigenvalue weighted by Crippen LogP contribution is -2.03. The van der Waals surface area contributed by atoms with Crippen molar-refractivity contribution >= 4 is 0 Å². The Morgan fingerprint density at radius 1 is 0.875 bits per heavy atom. The van der Waals surface area contributed by atoms with Crippen LogP contribution in [0.2, 0.25) is 0 Å². The predicted molar refractivity (Wildman–Crippen MR) is 92.2 cm³/mol. The Morgan fingerprint density at radius 3 is 2.71 bits per heavy atom. The highest BCUT2D eigenvalue weighted by atomic mass is 15.5. The molecule has 0 spiro atoms. The minimum absolute atomic E-state index is 0.613. The summed E-state index contributed by atoms with van der Waals surface area (Å²) in [4.78, 5) is 3.47. The van der Waals surface area contributed by atoms with E-state index in [0.717, 1.165) is 24.0 Å². The number of rotatable bonds is 2. The molecule has 2 heterocycles. The third kappa shape index (κ3) is 1.98. The summed E-state index contributed by atoms with van der Waals surface area (Å²) in [5, 5.41) is 14.3. The second-order valence-corrected chi connectivity index (χ2v) is 6.03. The molecule has 0 aliphatic heterocycles. The fourth-order valence-corrected chi connectivity index (χ4v) is 3.55. The zero-order valence-electron chi connectivity index (χ0n) is 13.0. The van der Waals surface area contributed by atoms with Gasteiger partial charge >= 0.3 is 0 Å². The first-order chi connectivity index (χ1) is 11.9. The van der Waals surface area contributed by atoms with Crippen LogP contribution in [0, 0.1) is 0 Å². The van der Waals surface area contributed by atoms with E-state index in [2.05, 4.69) is 68.2 Å². The summed E-state index contributed by atoms with van der Waals surface area (Å²) in [7, 11) is 0. The Hall–Kier alpha value is -3.21. The highest BCUT2D eigenvalue weighted by Crippen LogP contribution is 2.40. The standard InChI is InChI=1S/C19H15N5/c1-2-7-15-12(4-1)8-9-17-18(15)16(11-20-17)13-5-3-6-14(10-13)19-21-23-24-22-19/h1-7,10-11,20H,8-9H2,(H,21,22,23,24). The molecule has 1 aliphatic rings. The van der Waals surface area contributed by atoms with Gasteiger partial charge in [0.1, 0.15) is 0 Å². The summed E-state index contributed by atoms with van der Waals surface area (Å²) in [6.07, 6.45) is 4.25. The lowest BCUT2D eigenvalue weighted by atomic mass is 9.86. The number of aromatic nitrogens is 5. The molecular weight excluding hydrogens is 298 g/mol. The van der Waals surface area contributed by atoms with Crippen LogP contribution in [-0.4, -0.2) is 25.6 Å². The van der Waals surface area contributed by atoms with Crippen molar-refractivity contribution in [1.82, 2.24) is 25.6 Å². The number of nitrogens with one attached hydrogen (secondary N) is 2. The number of aromatic amines is 2. The number of hydrogen-bond donors (Lipinski definition) is 2. The van der Waals surface area contributed by atoms with Crippen molar-refractivity contribution in [2.45, 2.75) is 12.8 Å². The van der Waals surface area contributed by atoms with Crippen molar-refractivity contribution in [1.29, 1.82) is 0 Å². The topological polar surface area (TPSA) is 70.2 Å². The number of benzene rings is 2. The van der Waals surface area contributed by atoms with Crippen LogP contribution in [0.3, 0.4) is 0 Å². The molecule has 1 aliphatic carbocycles. The van der Waals surface area contributed by atoms with Crippen LogP contribution in [0.1, 0.15) is 11.3 Å². The second-order valence-electron chi connectivity index (χ2n) is 6.03. The smallest absolute Gasteiger partial charge is 0.204 e. The summed E-state index contributed by atoms with van der Waals surface area (Å²) < 4.78 is 0. The van der Waals surface area contributed by atoms with Crippen LogP contribution >= 0.6 is 0 Å². The minimum atomic E-state index is 0.613. The van der Waals surface area contributed by atoms with E-state index in [1.54, 1.807) is 0 Å². The SMILES string of the molecule is c1cc(-c2nn[nH]n2)cc(-c2c[nH]c3c2-c2ccccc2CC3)c1. The highest BCUT2D eigenvalue weighted by Gasteiger charge is 2.21. The molecule has 0 fully saturated rings. The van der Waals surface area contributed by atoms with E-state index < -0.39 is 0 Å². The molecule has 2 aromatic heterocycles. The van der Waals surface area contributed by atoms with E-state index in [9.17, 15) is 0 Å². The summed E-state index contributed by atoms with van der Waals surface area (Å²) in [6, 6.07) is 17.0. The Labute approximate surface area is 138 Å². The number of fused-ring (bicyclic) bond motifs is 3.